The minimum atomic E-state index is -0.211. The molecule has 0 bridgehead atoms. The number of benzene rings is 1. The van der Waals surface area contributed by atoms with Crippen LogP contribution in [0.5, 0.6) is 0 Å². The molecule has 0 radical (unpaired) electrons. The summed E-state index contributed by atoms with van der Waals surface area (Å²) in [5.74, 6) is -0.285. The number of rotatable bonds is 6. The third-order valence-electron chi connectivity index (χ3n) is 3.08. The van der Waals surface area contributed by atoms with Crippen LogP contribution < -0.4 is 11.1 Å². The molecule has 0 aliphatic rings. The molecular formula is C15H23BrClN3O2. The van der Waals surface area contributed by atoms with E-state index in [0.717, 1.165) is 15.7 Å². The summed E-state index contributed by atoms with van der Waals surface area (Å²) in [4.78, 5) is 25.2. The Morgan fingerprint density at radius 2 is 2.05 bits per heavy atom. The van der Waals surface area contributed by atoms with Crippen molar-refractivity contribution in [1.82, 2.24) is 4.90 Å². The molecule has 7 heteroatoms. The molecule has 2 amide bonds. The third-order valence-corrected chi connectivity index (χ3v) is 3.58. The van der Waals surface area contributed by atoms with Crippen LogP contribution in [-0.4, -0.2) is 36.3 Å². The molecule has 3 N–H and O–H groups in total. The molecule has 0 aliphatic heterocycles. The lowest BCUT2D eigenvalue weighted by molar-refractivity contribution is -0.133. The van der Waals surface area contributed by atoms with E-state index in [4.69, 9.17) is 5.73 Å². The van der Waals surface area contributed by atoms with E-state index in [9.17, 15) is 9.59 Å². The third kappa shape index (κ3) is 7.24. The van der Waals surface area contributed by atoms with Gasteiger partial charge < -0.3 is 16.0 Å². The fourth-order valence-electron chi connectivity index (χ4n) is 1.80. The smallest absolute Gasteiger partial charge is 0.243 e. The molecule has 124 valence electrons. The summed E-state index contributed by atoms with van der Waals surface area (Å²) in [5, 5.41) is 2.81. The number of halogens is 2. The number of amides is 2. The van der Waals surface area contributed by atoms with Gasteiger partial charge in [0, 0.05) is 29.7 Å². The molecule has 1 atom stereocenters. The minimum Gasteiger partial charge on any atom is -0.336 e. The Morgan fingerprint density at radius 3 is 2.59 bits per heavy atom. The molecule has 1 aromatic rings. The van der Waals surface area contributed by atoms with Gasteiger partial charge in [0.15, 0.2) is 0 Å². The lowest BCUT2D eigenvalue weighted by atomic mass is 10.2. The van der Waals surface area contributed by atoms with E-state index in [-0.39, 0.29) is 36.8 Å². The zero-order chi connectivity index (χ0) is 16.0. The van der Waals surface area contributed by atoms with Crippen molar-refractivity contribution in [2.24, 2.45) is 5.73 Å². The highest BCUT2D eigenvalue weighted by molar-refractivity contribution is 9.10. The zero-order valence-corrected chi connectivity index (χ0v) is 15.5. The summed E-state index contributed by atoms with van der Waals surface area (Å²) in [5.41, 5.74) is 7.33. The van der Waals surface area contributed by atoms with Crippen molar-refractivity contribution in [3.05, 3.63) is 28.2 Å². The molecule has 0 spiro atoms. The van der Waals surface area contributed by atoms with Gasteiger partial charge in [-0.15, -0.1) is 12.4 Å². The predicted octanol–water partition coefficient (Wildman–Crippen LogP) is 2.70. The molecular weight excluding hydrogens is 370 g/mol. The normalized spacial score (nSPS) is 11.3. The number of carbonyl (C=O) groups excluding carboxylic acids is 2. The Morgan fingerprint density at radius 1 is 1.41 bits per heavy atom. The van der Waals surface area contributed by atoms with E-state index in [1.807, 2.05) is 32.0 Å². The molecule has 0 aromatic heterocycles. The first-order valence-electron chi connectivity index (χ1n) is 6.85. The molecule has 22 heavy (non-hydrogen) atoms. The van der Waals surface area contributed by atoms with Gasteiger partial charge in [-0.05, 0) is 44.0 Å². The lowest BCUT2D eigenvalue weighted by Crippen LogP contribution is -2.35. The highest BCUT2D eigenvalue weighted by Gasteiger charge is 2.14. The Labute approximate surface area is 146 Å². The summed E-state index contributed by atoms with van der Waals surface area (Å²) in [6, 6.07) is 5.60. The van der Waals surface area contributed by atoms with Crippen LogP contribution in [0.15, 0.2) is 22.7 Å². The average Bonchev–Trinajstić information content (AvgIpc) is 2.39. The maximum atomic E-state index is 12.0. The van der Waals surface area contributed by atoms with Crippen molar-refractivity contribution in [2.75, 3.05) is 18.9 Å². The molecule has 5 nitrogen and oxygen atoms in total. The van der Waals surface area contributed by atoms with Crippen molar-refractivity contribution < 1.29 is 9.59 Å². The molecule has 1 unspecified atom stereocenters. The SMILES string of the molecule is Cc1cc(Br)ccc1NC(=O)CN(C)C(=O)CCC(C)N.Cl. The van der Waals surface area contributed by atoms with Gasteiger partial charge in [0.05, 0.1) is 6.54 Å². The molecule has 0 aliphatic carbocycles. The average molecular weight is 393 g/mol. The molecule has 0 fully saturated rings. The van der Waals surface area contributed by atoms with Crippen LogP contribution in [0.2, 0.25) is 0 Å². The number of carbonyl (C=O) groups is 2. The topological polar surface area (TPSA) is 75.4 Å². The number of nitrogens with zero attached hydrogens (tertiary/aromatic N) is 1. The molecule has 0 saturated heterocycles. The molecule has 0 heterocycles. The van der Waals surface area contributed by atoms with Crippen LogP contribution in [0, 0.1) is 6.92 Å². The summed E-state index contributed by atoms with van der Waals surface area (Å²) >= 11 is 3.37. The maximum absolute atomic E-state index is 12.0. The summed E-state index contributed by atoms with van der Waals surface area (Å²) in [6.45, 7) is 3.81. The van der Waals surface area contributed by atoms with Gasteiger partial charge in [0.25, 0.3) is 0 Å². The highest BCUT2D eigenvalue weighted by Crippen LogP contribution is 2.19. The summed E-state index contributed by atoms with van der Waals surface area (Å²) in [6.07, 6.45) is 0.982. The maximum Gasteiger partial charge on any atom is 0.243 e. The second-order valence-corrected chi connectivity index (χ2v) is 6.19. The van der Waals surface area contributed by atoms with Gasteiger partial charge in [0.2, 0.25) is 11.8 Å². The van der Waals surface area contributed by atoms with Crippen molar-refractivity contribution in [2.45, 2.75) is 32.7 Å². The van der Waals surface area contributed by atoms with Gasteiger partial charge in [0.1, 0.15) is 0 Å². The van der Waals surface area contributed by atoms with Gasteiger partial charge in [-0.25, -0.2) is 0 Å². The summed E-state index contributed by atoms with van der Waals surface area (Å²) < 4.78 is 0.959. The molecule has 1 rings (SSSR count). The van der Waals surface area contributed by atoms with E-state index in [1.54, 1.807) is 7.05 Å². The van der Waals surface area contributed by atoms with E-state index in [1.165, 1.54) is 4.90 Å². The van der Waals surface area contributed by atoms with E-state index >= 15 is 0 Å². The number of hydrogen-bond donors (Lipinski definition) is 2. The first kappa shape index (κ1) is 20.9. The largest absolute Gasteiger partial charge is 0.336 e. The highest BCUT2D eigenvalue weighted by atomic mass is 79.9. The Hall–Kier alpha value is -1.11. The van der Waals surface area contributed by atoms with Gasteiger partial charge in [-0.1, -0.05) is 15.9 Å². The Bertz CT molecular complexity index is 524. The number of hydrogen-bond acceptors (Lipinski definition) is 3. The van der Waals surface area contributed by atoms with Crippen molar-refractivity contribution >= 4 is 45.8 Å². The van der Waals surface area contributed by atoms with Crippen molar-refractivity contribution in [3.63, 3.8) is 0 Å². The zero-order valence-electron chi connectivity index (χ0n) is 13.1. The number of likely N-dealkylation sites (N-methyl/N-ethyl adjacent to an activating group) is 1. The number of anilines is 1. The summed E-state index contributed by atoms with van der Waals surface area (Å²) in [7, 11) is 1.62. The van der Waals surface area contributed by atoms with E-state index in [2.05, 4.69) is 21.2 Å². The van der Waals surface area contributed by atoms with Gasteiger partial charge in [-0.2, -0.15) is 0 Å². The standard InChI is InChI=1S/C15H22BrN3O2.ClH/c1-10-8-12(16)5-6-13(10)18-14(20)9-19(3)15(21)7-4-11(2)17;/h5-6,8,11H,4,7,9,17H2,1-3H3,(H,18,20);1H. The number of nitrogens with one attached hydrogen (secondary N) is 1. The predicted molar refractivity (Wildman–Crippen MR) is 95.3 cm³/mol. The molecule has 0 saturated carbocycles. The van der Waals surface area contributed by atoms with Crippen LogP contribution in [0.4, 0.5) is 5.69 Å². The minimum absolute atomic E-state index is 0. The monoisotopic (exact) mass is 391 g/mol. The van der Waals surface area contributed by atoms with Crippen molar-refractivity contribution in [3.8, 4) is 0 Å². The number of aryl methyl sites for hydroxylation is 1. The quantitative estimate of drug-likeness (QED) is 0.781. The van der Waals surface area contributed by atoms with Crippen LogP contribution in [-0.2, 0) is 9.59 Å². The van der Waals surface area contributed by atoms with Crippen LogP contribution in [0.25, 0.3) is 0 Å². The van der Waals surface area contributed by atoms with Crippen molar-refractivity contribution in [1.29, 1.82) is 0 Å². The number of nitrogens with two attached hydrogens (primary N) is 1. The van der Waals surface area contributed by atoms with Crippen LogP contribution in [0.3, 0.4) is 0 Å². The second kappa shape index (κ2) is 9.82. The van der Waals surface area contributed by atoms with E-state index < -0.39 is 0 Å². The van der Waals surface area contributed by atoms with Gasteiger partial charge >= 0.3 is 0 Å². The lowest BCUT2D eigenvalue weighted by Gasteiger charge is -2.18. The van der Waals surface area contributed by atoms with Crippen LogP contribution >= 0.6 is 28.3 Å². The molecule has 1 aromatic carbocycles. The second-order valence-electron chi connectivity index (χ2n) is 5.27. The fourth-order valence-corrected chi connectivity index (χ4v) is 2.28. The first-order valence-corrected chi connectivity index (χ1v) is 7.64. The van der Waals surface area contributed by atoms with E-state index in [0.29, 0.717) is 12.8 Å². The fraction of sp³-hybridized carbons (Fsp3) is 0.467. The first-order chi connectivity index (χ1) is 9.79. The van der Waals surface area contributed by atoms with Crippen LogP contribution in [0.1, 0.15) is 25.3 Å². The Kier molecular flexibility index (Phi) is 9.32. The van der Waals surface area contributed by atoms with Gasteiger partial charge in [-0.3, -0.25) is 9.59 Å². The Balaban J connectivity index is 0.00000441.